The van der Waals surface area contributed by atoms with Crippen LogP contribution in [0.2, 0.25) is 0 Å². The van der Waals surface area contributed by atoms with Gasteiger partial charge in [-0.05, 0) is 41.8 Å². The highest BCUT2D eigenvalue weighted by atomic mass is 32.2. The molecule has 2 aromatic carbocycles. The van der Waals surface area contributed by atoms with Crippen LogP contribution in [0.15, 0.2) is 71.9 Å². The van der Waals surface area contributed by atoms with Crippen molar-refractivity contribution < 1.29 is 39.2 Å². The number of thioether (sulfide) groups is 1. The minimum Gasteiger partial charge on any atom is -0.481 e. The molecular formula is C30H32N2O8S. The Morgan fingerprint density at radius 1 is 0.976 bits per heavy atom. The number of carbonyl (C=O) groups is 3. The number of pyridine rings is 1. The largest absolute Gasteiger partial charge is 0.481 e. The molecule has 0 spiro atoms. The first-order chi connectivity index (χ1) is 19.7. The third-order valence-electron chi connectivity index (χ3n) is 6.75. The molecule has 4 N–H and O–H groups in total. The Labute approximate surface area is 241 Å². The highest BCUT2D eigenvalue weighted by Crippen LogP contribution is 2.43. The summed E-state index contributed by atoms with van der Waals surface area (Å²) >= 11 is 1.30. The molecule has 3 aromatic rings. The topological polar surface area (TPSA) is 155 Å². The van der Waals surface area contributed by atoms with Gasteiger partial charge in [0, 0.05) is 42.0 Å². The molecule has 0 saturated carbocycles. The summed E-state index contributed by atoms with van der Waals surface area (Å²) in [6.07, 6.45) is 0.292. The number of aromatic carboxylic acids is 1. The van der Waals surface area contributed by atoms with Crippen LogP contribution in [0.25, 0.3) is 0 Å². The Hall–Kier alpha value is -3.77. The zero-order valence-electron chi connectivity index (χ0n) is 22.4. The van der Waals surface area contributed by atoms with E-state index in [9.17, 15) is 24.6 Å². The van der Waals surface area contributed by atoms with Crippen molar-refractivity contribution in [2.24, 2.45) is 5.92 Å². The summed E-state index contributed by atoms with van der Waals surface area (Å²) in [4.78, 5) is 39.0. The van der Waals surface area contributed by atoms with Crippen LogP contribution in [0.4, 0.5) is 5.69 Å². The maximum Gasteiger partial charge on any atom is 0.338 e. The van der Waals surface area contributed by atoms with Crippen LogP contribution in [-0.4, -0.2) is 50.0 Å². The van der Waals surface area contributed by atoms with Gasteiger partial charge in [-0.1, -0.05) is 43.3 Å². The first-order valence-electron chi connectivity index (χ1n) is 13.2. The molecule has 2 heterocycles. The average molecular weight is 581 g/mol. The maximum atomic E-state index is 12.3. The van der Waals surface area contributed by atoms with Crippen molar-refractivity contribution in [2.45, 2.75) is 56.3 Å². The maximum absolute atomic E-state index is 12.3. The summed E-state index contributed by atoms with van der Waals surface area (Å²) in [5.41, 5.74) is 3.02. The van der Waals surface area contributed by atoms with E-state index in [-0.39, 0.29) is 55.5 Å². The Bertz CT molecular complexity index is 1370. The standard InChI is InChI=1S/C30H32N2O8S/c1-18-24(17-41-28-23(29(37)38)7-4-14-31-28)39-30(40-27(18)20-12-10-19(16-33)11-13-20)21-5-2-6-22(15-21)32-25(34)8-3-9-26(35)36/h2,4-7,10-15,18,24,27,30,33H,3,8-9,16-17H2,1H3,(H,32,34)(H,35,36)(H,37,38)/t18-,24+,27+,30+/m0/s1. The summed E-state index contributed by atoms with van der Waals surface area (Å²) in [7, 11) is 0. The van der Waals surface area contributed by atoms with Crippen LogP contribution >= 0.6 is 11.8 Å². The number of ether oxygens (including phenoxy) is 2. The molecule has 0 bridgehead atoms. The molecule has 4 rings (SSSR count). The third-order valence-corrected chi connectivity index (χ3v) is 7.84. The highest BCUT2D eigenvalue weighted by molar-refractivity contribution is 7.99. The summed E-state index contributed by atoms with van der Waals surface area (Å²) < 4.78 is 12.9. The fraction of sp³-hybridized carbons (Fsp3) is 0.333. The number of carboxylic acids is 2. The van der Waals surface area contributed by atoms with Gasteiger partial charge in [-0.15, -0.1) is 11.8 Å². The van der Waals surface area contributed by atoms with Gasteiger partial charge in [0.05, 0.1) is 24.4 Å². The van der Waals surface area contributed by atoms with Crippen molar-refractivity contribution in [1.82, 2.24) is 4.98 Å². The van der Waals surface area contributed by atoms with E-state index in [1.807, 2.05) is 37.3 Å². The first-order valence-corrected chi connectivity index (χ1v) is 14.2. The van der Waals surface area contributed by atoms with E-state index >= 15 is 0 Å². The number of hydrogen-bond acceptors (Lipinski definition) is 8. The molecule has 41 heavy (non-hydrogen) atoms. The number of aliphatic hydroxyl groups excluding tert-OH is 1. The van der Waals surface area contributed by atoms with Crippen molar-refractivity contribution in [2.75, 3.05) is 11.1 Å². The monoisotopic (exact) mass is 580 g/mol. The number of nitrogens with one attached hydrogen (secondary N) is 1. The zero-order chi connectivity index (χ0) is 29.4. The zero-order valence-corrected chi connectivity index (χ0v) is 23.3. The van der Waals surface area contributed by atoms with Gasteiger partial charge in [0.25, 0.3) is 0 Å². The van der Waals surface area contributed by atoms with E-state index in [1.165, 1.54) is 17.8 Å². The molecule has 0 unspecified atom stereocenters. The summed E-state index contributed by atoms with van der Waals surface area (Å²) in [6, 6.07) is 17.7. The third kappa shape index (κ3) is 8.14. The lowest BCUT2D eigenvalue weighted by molar-refractivity contribution is -0.268. The molecule has 1 amide bonds. The lowest BCUT2D eigenvalue weighted by Crippen LogP contribution is -2.38. The summed E-state index contributed by atoms with van der Waals surface area (Å²) in [5.74, 6) is -1.99. The predicted molar refractivity (Wildman–Crippen MR) is 151 cm³/mol. The molecule has 0 aliphatic carbocycles. The normalized spacial score (nSPS) is 20.3. The molecule has 1 aliphatic heterocycles. The second-order valence-electron chi connectivity index (χ2n) is 9.72. The minimum atomic E-state index is -1.05. The van der Waals surface area contributed by atoms with Crippen LogP contribution in [0.5, 0.6) is 0 Å². The number of nitrogens with zero attached hydrogens (tertiary/aromatic N) is 1. The van der Waals surface area contributed by atoms with Crippen LogP contribution in [0.3, 0.4) is 0 Å². The predicted octanol–water partition coefficient (Wildman–Crippen LogP) is 5.05. The molecule has 0 radical (unpaired) electrons. The van der Waals surface area contributed by atoms with Gasteiger partial charge in [0.15, 0.2) is 6.29 Å². The molecule has 1 aromatic heterocycles. The number of aliphatic carboxylic acids is 1. The first kappa shape index (κ1) is 30.2. The Morgan fingerprint density at radius 2 is 1.76 bits per heavy atom. The molecule has 10 nitrogen and oxygen atoms in total. The number of anilines is 1. The SMILES string of the molecule is C[C@H]1[C@@H](CSc2ncccc2C(=O)O)O[C@@H](c2cccc(NC(=O)CCCC(=O)O)c2)O[C@H]1c1ccc(CO)cc1. The van der Waals surface area contributed by atoms with Gasteiger partial charge in [0.2, 0.25) is 5.91 Å². The molecule has 1 aliphatic rings. The summed E-state index contributed by atoms with van der Waals surface area (Å²) in [6.45, 7) is 1.94. The van der Waals surface area contributed by atoms with Gasteiger partial charge in [-0.25, -0.2) is 9.78 Å². The van der Waals surface area contributed by atoms with Crippen LogP contribution in [0.1, 0.15) is 65.6 Å². The van der Waals surface area contributed by atoms with E-state index in [2.05, 4.69) is 10.3 Å². The van der Waals surface area contributed by atoms with Crippen molar-refractivity contribution in [1.29, 1.82) is 0 Å². The van der Waals surface area contributed by atoms with Crippen LogP contribution < -0.4 is 5.32 Å². The second-order valence-corrected chi connectivity index (χ2v) is 10.7. The van der Waals surface area contributed by atoms with E-state index in [4.69, 9.17) is 14.6 Å². The number of carbonyl (C=O) groups excluding carboxylic acids is 1. The number of carboxylic acid groups (broad SMARTS) is 2. The van der Waals surface area contributed by atoms with Crippen LogP contribution in [0, 0.1) is 5.92 Å². The van der Waals surface area contributed by atoms with E-state index in [0.717, 1.165) is 11.1 Å². The van der Waals surface area contributed by atoms with Gasteiger partial charge >= 0.3 is 11.9 Å². The van der Waals surface area contributed by atoms with E-state index in [1.54, 1.807) is 30.5 Å². The van der Waals surface area contributed by atoms with Crippen molar-refractivity contribution in [3.05, 3.63) is 89.1 Å². The molecular weight excluding hydrogens is 548 g/mol. The Morgan fingerprint density at radius 3 is 2.46 bits per heavy atom. The van der Waals surface area contributed by atoms with Crippen LogP contribution in [-0.2, 0) is 25.7 Å². The van der Waals surface area contributed by atoms with Gasteiger partial charge in [-0.2, -0.15) is 0 Å². The number of aliphatic hydroxyl groups is 1. The Balaban J connectivity index is 1.55. The lowest BCUT2D eigenvalue weighted by atomic mass is 9.91. The van der Waals surface area contributed by atoms with E-state index in [0.29, 0.717) is 22.0 Å². The summed E-state index contributed by atoms with van der Waals surface area (Å²) in [5, 5.41) is 31.0. The quantitative estimate of drug-likeness (QED) is 0.214. The molecule has 11 heteroatoms. The minimum absolute atomic E-state index is 0.0723. The number of hydrogen-bond donors (Lipinski definition) is 4. The number of rotatable bonds is 12. The van der Waals surface area contributed by atoms with Crippen molar-refractivity contribution in [3.8, 4) is 0 Å². The van der Waals surface area contributed by atoms with Crippen molar-refractivity contribution >= 4 is 35.3 Å². The van der Waals surface area contributed by atoms with Gasteiger partial charge in [0.1, 0.15) is 5.03 Å². The lowest BCUT2D eigenvalue weighted by Gasteiger charge is -2.41. The van der Waals surface area contributed by atoms with Gasteiger partial charge < -0.3 is 30.1 Å². The molecule has 216 valence electrons. The highest BCUT2D eigenvalue weighted by Gasteiger charge is 2.38. The number of aromatic nitrogens is 1. The second kappa shape index (κ2) is 14.2. The van der Waals surface area contributed by atoms with E-state index < -0.39 is 18.2 Å². The fourth-order valence-corrected chi connectivity index (χ4v) is 5.68. The molecule has 4 atom stereocenters. The Kier molecular flexibility index (Phi) is 10.5. The number of amides is 1. The van der Waals surface area contributed by atoms with Crippen molar-refractivity contribution in [3.63, 3.8) is 0 Å². The number of benzene rings is 2. The van der Waals surface area contributed by atoms with Gasteiger partial charge in [-0.3, -0.25) is 9.59 Å². The molecule has 1 fully saturated rings. The molecule has 1 saturated heterocycles. The fourth-order valence-electron chi connectivity index (χ4n) is 4.53. The average Bonchev–Trinajstić information content (AvgIpc) is 2.96. The smallest absolute Gasteiger partial charge is 0.338 e.